The second-order valence-corrected chi connectivity index (χ2v) is 4.26. The van der Waals surface area contributed by atoms with Crippen molar-refractivity contribution in [2.75, 3.05) is 0 Å². The molecule has 0 saturated carbocycles. The molecule has 1 rings (SSSR count). The van der Waals surface area contributed by atoms with Gasteiger partial charge in [-0.05, 0) is 32.4 Å². The predicted molar refractivity (Wildman–Crippen MR) is 69.2 cm³/mol. The number of carbonyl (C=O) groups is 2. The number of carboxylic acids is 1. The molecule has 0 aliphatic carbocycles. The molecule has 104 valence electrons. The van der Waals surface area contributed by atoms with Crippen molar-refractivity contribution in [3.8, 4) is 5.75 Å². The summed E-state index contributed by atoms with van der Waals surface area (Å²) in [6, 6.07) is 2.89. The molecule has 0 saturated heterocycles. The number of aromatic carboxylic acids is 1. The number of carboxylic acid groups (broad SMARTS) is 1. The highest BCUT2D eigenvalue weighted by Crippen LogP contribution is 2.11. The molecule has 0 spiro atoms. The number of aromatic nitrogens is 1. The van der Waals surface area contributed by atoms with Gasteiger partial charge in [0, 0.05) is 6.04 Å². The van der Waals surface area contributed by atoms with Crippen LogP contribution in [-0.2, 0) is 4.79 Å². The molecule has 0 bridgehead atoms. The van der Waals surface area contributed by atoms with E-state index in [-0.39, 0.29) is 17.6 Å². The van der Waals surface area contributed by atoms with E-state index in [9.17, 15) is 9.59 Å². The summed E-state index contributed by atoms with van der Waals surface area (Å²) in [4.78, 5) is 26.1. The Hall–Kier alpha value is -2.11. The van der Waals surface area contributed by atoms with Crippen LogP contribution in [-0.4, -0.2) is 34.1 Å². The molecule has 1 amide bonds. The third kappa shape index (κ3) is 4.57. The largest absolute Gasteiger partial charge is 0.479 e. The van der Waals surface area contributed by atoms with Gasteiger partial charge in [-0.1, -0.05) is 6.92 Å². The zero-order valence-electron chi connectivity index (χ0n) is 11.2. The summed E-state index contributed by atoms with van der Waals surface area (Å²) < 4.78 is 5.39. The van der Waals surface area contributed by atoms with Crippen molar-refractivity contribution >= 4 is 11.9 Å². The standard InChI is InChI=1S/C13H18N2O4/c1-4-8(2)15-12(16)9(3)19-10-5-6-11(13(17)18)14-7-10/h5-9H,4H2,1-3H3,(H,15,16)(H,17,18). The highest BCUT2D eigenvalue weighted by atomic mass is 16.5. The van der Waals surface area contributed by atoms with E-state index in [2.05, 4.69) is 10.3 Å². The van der Waals surface area contributed by atoms with E-state index in [0.29, 0.717) is 5.75 Å². The normalized spacial score (nSPS) is 13.4. The molecule has 0 aromatic carbocycles. The first-order valence-corrected chi connectivity index (χ1v) is 6.10. The van der Waals surface area contributed by atoms with E-state index in [1.165, 1.54) is 18.3 Å². The maximum Gasteiger partial charge on any atom is 0.354 e. The number of carbonyl (C=O) groups excluding carboxylic acids is 1. The Morgan fingerprint density at radius 2 is 2.11 bits per heavy atom. The van der Waals surface area contributed by atoms with Gasteiger partial charge < -0.3 is 15.2 Å². The molecule has 6 nitrogen and oxygen atoms in total. The van der Waals surface area contributed by atoms with Crippen molar-refractivity contribution in [1.82, 2.24) is 10.3 Å². The van der Waals surface area contributed by atoms with Gasteiger partial charge in [0.25, 0.3) is 5.91 Å². The number of hydrogen-bond donors (Lipinski definition) is 2. The summed E-state index contributed by atoms with van der Waals surface area (Å²) in [5, 5.41) is 11.5. The van der Waals surface area contributed by atoms with E-state index in [0.717, 1.165) is 6.42 Å². The molecule has 2 atom stereocenters. The van der Waals surface area contributed by atoms with Gasteiger partial charge in [0.2, 0.25) is 0 Å². The van der Waals surface area contributed by atoms with Crippen LogP contribution in [0.3, 0.4) is 0 Å². The Balaban J connectivity index is 2.58. The zero-order chi connectivity index (χ0) is 14.4. The summed E-state index contributed by atoms with van der Waals surface area (Å²) in [5.74, 6) is -0.956. The molecule has 0 aliphatic rings. The summed E-state index contributed by atoms with van der Waals surface area (Å²) >= 11 is 0. The minimum atomic E-state index is -1.10. The molecule has 1 aromatic rings. The van der Waals surface area contributed by atoms with Crippen molar-refractivity contribution in [2.24, 2.45) is 0 Å². The van der Waals surface area contributed by atoms with Crippen LogP contribution in [0.15, 0.2) is 18.3 Å². The van der Waals surface area contributed by atoms with E-state index >= 15 is 0 Å². The maximum absolute atomic E-state index is 11.7. The monoisotopic (exact) mass is 266 g/mol. The maximum atomic E-state index is 11.7. The Kier molecular flexibility index (Phi) is 5.29. The molecule has 1 heterocycles. The van der Waals surface area contributed by atoms with Gasteiger partial charge in [0.15, 0.2) is 6.10 Å². The Morgan fingerprint density at radius 1 is 1.42 bits per heavy atom. The van der Waals surface area contributed by atoms with Crippen molar-refractivity contribution in [2.45, 2.75) is 39.3 Å². The fourth-order valence-electron chi connectivity index (χ4n) is 1.30. The highest BCUT2D eigenvalue weighted by molar-refractivity contribution is 5.85. The average Bonchev–Trinajstić information content (AvgIpc) is 2.38. The third-order valence-electron chi connectivity index (χ3n) is 2.64. The van der Waals surface area contributed by atoms with Gasteiger partial charge >= 0.3 is 5.97 Å². The lowest BCUT2D eigenvalue weighted by molar-refractivity contribution is -0.127. The first-order valence-electron chi connectivity index (χ1n) is 6.10. The lowest BCUT2D eigenvalue weighted by atomic mass is 10.2. The van der Waals surface area contributed by atoms with Gasteiger partial charge in [0.1, 0.15) is 11.4 Å². The quantitative estimate of drug-likeness (QED) is 0.813. The number of rotatable bonds is 6. The topological polar surface area (TPSA) is 88.5 Å². The first kappa shape index (κ1) is 14.9. The number of nitrogens with zero attached hydrogens (tertiary/aromatic N) is 1. The van der Waals surface area contributed by atoms with Gasteiger partial charge in [-0.2, -0.15) is 0 Å². The SMILES string of the molecule is CCC(C)NC(=O)C(C)Oc1ccc(C(=O)O)nc1. The summed E-state index contributed by atoms with van der Waals surface area (Å²) in [6.45, 7) is 5.52. The van der Waals surface area contributed by atoms with Crippen molar-refractivity contribution in [1.29, 1.82) is 0 Å². The Morgan fingerprint density at radius 3 is 2.58 bits per heavy atom. The number of pyridine rings is 1. The van der Waals surface area contributed by atoms with Crippen molar-refractivity contribution in [3.05, 3.63) is 24.0 Å². The smallest absolute Gasteiger partial charge is 0.354 e. The fourth-order valence-corrected chi connectivity index (χ4v) is 1.30. The Bertz CT molecular complexity index is 444. The predicted octanol–water partition coefficient (Wildman–Crippen LogP) is 1.46. The van der Waals surface area contributed by atoms with Crippen molar-refractivity contribution < 1.29 is 19.4 Å². The first-order chi connectivity index (χ1) is 8.93. The molecule has 6 heteroatoms. The molecule has 0 fully saturated rings. The van der Waals surface area contributed by atoms with Crippen LogP contribution in [0.5, 0.6) is 5.75 Å². The van der Waals surface area contributed by atoms with E-state index in [1.54, 1.807) is 6.92 Å². The van der Waals surface area contributed by atoms with Crippen LogP contribution in [0.25, 0.3) is 0 Å². The van der Waals surface area contributed by atoms with Crippen LogP contribution in [0.1, 0.15) is 37.7 Å². The average molecular weight is 266 g/mol. The van der Waals surface area contributed by atoms with E-state index in [4.69, 9.17) is 9.84 Å². The number of amides is 1. The molecule has 2 unspecified atom stereocenters. The summed E-state index contributed by atoms with van der Waals surface area (Å²) in [5.41, 5.74) is -0.0657. The molecule has 0 radical (unpaired) electrons. The third-order valence-corrected chi connectivity index (χ3v) is 2.64. The van der Waals surface area contributed by atoms with Crippen LogP contribution >= 0.6 is 0 Å². The van der Waals surface area contributed by atoms with E-state index in [1.807, 2.05) is 13.8 Å². The summed E-state index contributed by atoms with van der Waals surface area (Å²) in [7, 11) is 0. The van der Waals surface area contributed by atoms with Gasteiger partial charge in [0.05, 0.1) is 6.20 Å². The fraction of sp³-hybridized carbons (Fsp3) is 0.462. The van der Waals surface area contributed by atoms with Gasteiger partial charge in [-0.25, -0.2) is 9.78 Å². The van der Waals surface area contributed by atoms with Crippen molar-refractivity contribution in [3.63, 3.8) is 0 Å². The molecule has 2 N–H and O–H groups in total. The van der Waals surface area contributed by atoms with Crippen LogP contribution in [0.2, 0.25) is 0 Å². The summed E-state index contributed by atoms with van der Waals surface area (Å²) in [6.07, 6.45) is 1.47. The molecule has 19 heavy (non-hydrogen) atoms. The van der Waals surface area contributed by atoms with Crippen LogP contribution < -0.4 is 10.1 Å². The number of hydrogen-bond acceptors (Lipinski definition) is 4. The van der Waals surface area contributed by atoms with Gasteiger partial charge in [-0.3, -0.25) is 4.79 Å². The van der Waals surface area contributed by atoms with E-state index < -0.39 is 12.1 Å². The number of nitrogens with one attached hydrogen (secondary N) is 1. The lowest BCUT2D eigenvalue weighted by Gasteiger charge is -2.17. The zero-order valence-corrected chi connectivity index (χ0v) is 11.2. The minimum absolute atomic E-state index is 0.0657. The second kappa shape index (κ2) is 6.72. The Labute approximate surface area is 111 Å². The lowest BCUT2D eigenvalue weighted by Crippen LogP contribution is -2.41. The molecular weight excluding hydrogens is 248 g/mol. The molecular formula is C13H18N2O4. The second-order valence-electron chi connectivity index (χ2n) is 4.26. The highest BCUT2D eigenvalue weighted by Gasteiger charge is 2.16. The van der Waals surface area contributed by atoms with Crippen LogP contribution in [0, 0.1) is 0 Å². The number of ether oxygens (including phenoxy) is 1. The van der Waals surface area contributed by atoms with Crippen LogP contribution in [0.4, 0.5) is 0 Å². The molecule has 0 aliphatic heterocycles. The minimum Gasteiger partial charge on any atom is -0.479 e. The van der Waals surface area contributed by atoms with Gasteiger partial charge in [-0.15, -0.1) is 0 Å². The molecule has 1 aromatic heterocycles.